The van der Waals surface area contributed by atoms with Crippen LogP contribution in [0.15, 0.2) is 24.3 Å². The first-order chi connectivity index (χ1) is 11.3. The first-order valence-electron chi connectivity index (χ1n) is 7.14. The van der Waals surface area contributed by atoms with E-state index in [0.717, 1.165) is 5.56 Å². The van der Waals surface area contributed by atoms with Crippen LogP contribution in [0.5, 0.6) is 0 Å². The lowest BCUT2D eigenvalue weighted by Gasteiger charge is -2.27. The molecular weight excluding hydrogens is 334 g/mol. The molecule has 1 aliphatic rings. The van der Waals surface area contributed by atoms with Crippen molar-refractivity contribution in [2.75, 3.05) is 5.75 Å². The van der Waals surface area contributed by atoms with Gasteiger partial charge in [0.2, 0.25) is 5.91 Å². The molecule has 24 heavy (non-hydrogen) atoms. The van der Waals surface area contributed by atoms with Crippen LogP contribution in [0.2, 0.25) is 0 Å². The average Bonchev–Trinajstić information content (AvgIpc) is 2.51. The Morgan fingerprint density at radius 2 is 2.00 bits per heavy atom. The minimum Gasteiger partial charge on any atom is -0.480 e. The highest BCUT2D eigenvalue weighted by Gasteiger charge is 2.28. The van der Waals surface area contributed by atoms with Gasteiger partial charge in [-0.3, -0.25) is 4.79 Å². The number of rotatable bonds is 6. The van der Waals surface area contributed by atoms with Crippen molar-refractivity contribution in [2.45, 2.75) is 24.3 Å². The van der Waals surface area contributed by atoms with Crippen LogP contribution in [0.25, 0.3) is 6.08 Å². The predicted octanol–water partition coefficient (Wildman–Crippen LogP) is 1.14. The highest BCUT2D eigenvalue weighted by molar-refractivity contribution is 7.99. The van der Waals surface area contributed by atoms with Crippen molar-refractivity contribution >= 4 is 35.7 Å². The summed E-state index contributed by atoms with van der Waals surface area (Å²) in [5, 5.41) is 30.3. The summed E-state index contributed by atoms with van der Waals surface area (Å²) in [7, 11) is 0. The van der Waals surface area contributed by atoms with Crippen LogP contribution in [-0.2, 0) is 9.59 Å². The van der Waals surface area contributed by atoms with Gasteiger partial charge in [-0.1, -0.05) is 18.2 Å². The maximum Gasteiger partial charge on any atom is 0.335 e. The van der Waals surface area contributed by atoms with Gasteiger partial charge in [0.05, 0.1) is 16.9 Å². The number of nitrogens with one attached hydrogen (secondary N) is 1. The molecule has 8 heteroatoms. The van der Waals surface area contributed by atoms with Gasteiger partial charge in [0.25, 0.3) is 0 Å². The average molecular weight is 351 g/mol. The van der Waals surface area contributed by atoms with Gasteiger partial charge < -0.3 is 20.6 Å². The molecule has 0 saturated heterocycles. The van der Waals surface area contributed by atoms with Gasteiger partial charge in [0.1, 0.15) is 6.04 Å². The number of carbonyl (C=O) groups is 3. The fourth-order valence-corrected chi connectivity index (χ4v) is 3.71. The number of hydrogen-bond donors (Lipinski definition) is 4. The summed E-state index contributed by atoms with van der Waals surface area (Å²) in [6, 6.07) is 3.52. The fourth-order valence-electron chi connectivity index (χ4n) is 2.41. The number of aliphatic carboxylic acids is 1. The van der Waals surface area contributed by atoms with Gasteiger partial charge in [-0.2, -0.15) is 0 Å². The second-order valence-electron chi connectivity index (χ2n) is 5.34. The Kier molecular flexibility index (Phi) is 5.63. The zero-order valence-electron chi connectivity index (χ0n) is 12.8. The number of aliphatic hydroxyl groups is 1. The maximum absolute atomic E-state index is 11.2. The summed E-state index contributed by atoms with van der Waals surface area (Å²) in [4.78, 5) is 33.3. The summed E-state index contributed by atoms with van der Waals surface area (Å²) >= 11 is 1.20. The number of aromatic carboxylic acids is 1. The Morgan fingerprint density at radius 3 is 2.58 bits per heavy atom. The van der Waals surface area contributed by atoms with Gasteiger partial charge in [-0.15, -0.1) is 11.8 Å². The number of carbonyl (C=O) groups excluding carboxylic acids is 1. The van der Waals surface area contributed by atoms with E-state index in [0.29, 0.717) is 5.56 Å². The smallest absolute Gasteiger partial charge is 0.335 e. The molecule has 0 bridgehead atoms. The molecular formula is C16H17NO6S. The Morgan fingerprint density at radius 1 is 1.29 bits per heavy atom. The Labute approximate surface area is 142 Å². The highest BCUT2D eigenvalue weighted by Crippen LogP contribution is 2.39. The van der Waals surface area contributed by atoms with E-state index in [-0.39, 0.29) is 11.3 Å². The van der Waals surface area contributed by atoms with Crippen LogP contribution in [0, 0.1) is 0 Å². The zero-order chi connectivity index (χ0) is 17.9. The van der Waals surface area contributed by atoms with Crippen molar-refractivity contribution in [1.82, 2.24) is 5.32 Å². The van der Waals surface area contributed by atoms with Gasteiger partial charge in [0, 0.05) is 12.7 Å². The molecule has 0 radical (unpaired) electrons. The molecule has 1 aliphatic carbocycles. The lowest BCUT2D eigenvalue weighted by atomic mass is 9.93. The molecule has 128 valence electrons. The van der Waals surface area contributed by atoms with E-state index in [9.17, 15) is 19.5 Å². The molecule has 0 unspecified atom stereocenters. The van der Waals surface area contributed by atoms with Crippen molar-refractivity contribution < 1.29 is 29.7 Å². The van der Waals surface area contributed by atoms with Crippen molar-refractivity contribution in [3.8, 4) is 0 Å². The van der Waals surface area contributed by atoms with Gasteiger partial charge in [-0.25, -0.2) is 9.59 Å². The topological polar surface area (TPSA) is 124 Å². The van der Waals surface area contributed by atoms with E-state index >= 15 is 0 Å². The molecule has 3 atom stereocenters. The summed E-state index contributed by atoms with van der Waals surface area (Å²) in [6.07, 6.45) is 2.36. The van der Waals surface area contributed by atoms with Crippen LogP contribution >= 0.6 is 11.8 Å². The minimum atomic E-state index is -1.15. The van der Waals surface area contributed by atoms with Crippen LogP contribution in [-0.4, -0.2) is 51.1 Å². The quantitative estimate of drug-likeness (QED) is 0.606. The van der Waals surface area contributed by atoms with E-state index in [4.69, 9.17) is 10.2 Å². The number of amides is 1. The van der Waals surface area contributed by atoms with E-state index in [2.05, 4.69) is 5.32 Å². The first-order valence-corrected chi connectivity index (χ1v) is 8.19. The third-order valence-corrected chi connectivity index (χ3v) is 4.96. The number of thioether (sulfide) groups is 1. The SMILES string of the molecule is CC(=O)N[C@@H](CS[C@H]1c2ccc(C(=O)O)cc2C=C[C@@H]1O)C(=O)O. The number of aliphatic hydroxyl groups excluding tert-OH is 1. The van der Waals surface area contributed by atoms with E-state index in [1.807, 2.05) is 0 Å². The van der Waals surface area contributed by atoms with Gasteiger partial charge in [0.15, 0.2) is 0 Å². The Balaban J connectivity index is 2.19. The van der Waals surface area contributed by atoms with Gasteiger partial charge in [-0.05, 0) is 23.3 Å². The van der Waals surface area contributed by atoms with Crippen LogP contribution in [0.3, 0.4) is 0 Å². The third kappa shape index (κ3) is 4.15. The number of fused-ring (bicyclic) bond motifs is 1. The molecule has 1 aromatic rings. The van der Waals surface area contributed by atoms with E-state index < -0.39 is 35.2 Å². The monoisotopic (exact) mass is 351 g/mol. The minimum absolute atomic E-state index is 0.0740. The van der Waals surface area contributed by atoms with Crippen LogP contribution in [0.4, 0.5) is 0 Å². The second kappa shape index (κ2) is 7.50. The summed E-state index contributed by atoms with van der Waals surface area (Å²) in [5.41, 5.74) is 1.54. The second-order valence-corrected chi connectivity index (χ2v) is 6.52. The molecule has 1 amide bonds. The molecule has 0 fully saturated rings. The largest absolute Gasteiger partial charge is 0.480 e. The molecule has 7 nitrogen and oxygen atoms in total. The molecule has 0 heterocycles. The predicted molar refractivity (Wildman–Crippen MR) is 88.9 cm³/mol. The lowest BCUT2D eigenvalue weighted by Crippen LogP contribution is -2.41. The molecule has 0 aromatic heterocycles. The molecule has 0 saturated carbocycles. The Bertz CT molecular complexity index is 702. The maximum atomic E-state index is 11.2. The lowest BCUT2D eigenvalue weighted by molar-refractivity contribution is -0.140. The number of carboxylic acid groups (broad SMARTS) is 2. The van der Waals surface area contributed by atoms with Crippen molar-refractivity contribution in [3.05, 3.63) is 41.0 Å². The van der Waals surface area contributed by atoms with Crippen molar-refractivity contribution in [3.63, 3.8) is 0 Å². The normalized spacial score (nSPS) is 20.1. The molecule has 0 spiro atoms. The van der Waals surface area contributed by atoms with Crippen LogP contribution in [0.1, 0.15) is 33.7 Å². The number of benzene rings is 1. The molecule has 1 aromatic carbocycles. The Hall–Kier alpha value is -2.32. The number of carboxylic acids is 2. The molecule has 2 rings (SSSR count). The van der Waals surface area contributed by atoms with Gasteiger partial charge >= 0.3 is 11.9 Å². The van der Waals surface area contributed by atoms with Crippen molar-refractivity contribution in [2.24, 2.45) is 0 Å². The van der Waals surface area contributed by atoms with E-state index in [1.165, 1.54) is 30.8 Å². The highest BCUT2D eigenvalue weighted by atomic mass is 32.2. The third-order valence-electron chi connectivity index (χ3n) is 3.54. The molecule has 4 N–H and O–H groups in total. The summed E-state index contributed by atoms with van der Waals surface area (Å²) < 4.78 is 0. The van der Waals surface area contributed by atoms with Crippen molar-refractivity contribution in [1.29, 1.82) is 0 Å². The van der Waals surface area contributed by atoms with Crippen LogP contribution < -0.4 is 5.32 Å². The van der Waals surface area contributed by atoms with E-state index in [1.54, 1.807) is 18.2 Å². The molecule has 0 aliphatic heterocycles. The first kappa shape index (κ1) is 18.0. The summed E-state index contributed by atoms with van der Waals surface area (Å²) in [5.74, 6) is -2.57. The zero-order valence-corrected chi connectivity index (χ0v) is 13.6. The number of hydrogen-bond acceptors (Lipinski definition) is 5. The summed E-state index contributed by atoms with van der Waals surface area (Å²) in [6.45, 7) is 1.24. The fraction of sp³-hybridized carbons (Fsp3) is 0.312. The standard InChI is InChI=1S/C16H17NO6S/c1-8(18)17-12(16(22)23)7-24-14-11-4-2-10(15(20)21)6-9(11)3-5-13(14)19/h2-6,12-14,19H,7H2,1H3,(H,17,18)(H,20,21)(H,22,23)/t12-,13-,14-/m0/s1.